The lowest BCUT2D eigenvalue weighted by Crippen LogP contribution is -2.44. The van der Waals surface area contributed by atoms with Gasteiger partial charge in [0, 0.05) is 25.2 Å². The molecule has 2 aliphatic heterocycles. The molecule has 2 heterocycles. The molecule has 0 bridgehead atoms. The maximum Gasteiger partial charge on any atom is 0.573 e. The Bertz CT molecular complexity index is 652. The number of carbonyl (C=O) groups excluding carboxylic acids is 1. The molecule has 3 rings (SSSR count). The Morgan fingerprint density at radius 1 is 1.07 bits per heavy atom. The van der Waals surface area contributed by atoms with Gasteiger partial charge in [-0.25, -0.2) is 0 Å². The molecule has 2 aliphatic rings. The van der Waals surface area contributed by atoms with Crippen molar-refractivity contribution < 1.29 is 22.7 Å². The van der Waals surface area contributed by atoms with E-state index in [0.717, 1.165) is 39.0 Å². The molecule has 0 radical (unpaired) electrons. The summed E-state index contributed by atoms with van der Waals surface area (Å²) >= 11 is 0. The smallest absolute Gasteiger partial charge is 0.406 e. The Morgan fingerprint density at radius 2 is 1.78 bits per heavy atom. The third-order valence-corrected chi connectivity index (χ3v) is 5.11. The van der Waals surface area contributed by atoms with Crippen LogP contribution in [0.2, 0.25) is 0 Å². The van der Waals surface area contributed by atoms with Crippen molar-refractivity contribution in [2.24, 2.45) is 0 Å². The molecule has 0 N–H and O–H groups in total. The number of carbonyl (C=O) groups is 1. The van der Waals surface area contributed by atoms with Crippen LogP contribution in [-0.4, -0.2) is 54.3 Å². The molecule has 1 aromatic carbocycles. The van der Waals surface area contributed by atoms with Crippen LogP contribution in [0.5, 0.6) is 5.75 Å². The van der Waals surface area contributed by atoms with E-state index in [4.69, 9.17) is 0 Å². The Labute approximate surface area is 157 Å². The molecule has 0 saturated carbocycles. The second kappa shape index (κ2) is 8.78. The topological polar surface area (TPSA) is 32.8 Å². The van der Waals surface area contributed by atoms with Crippen LogP contribution in [0.25, 0.3) is 6.08 Å². The summed E-state index contributed by atoms with van der Waals surface area (Å²) in [4.78, 5) is 16.9. The van der Waals surface area contributed by atoms with Gasteiger partial charge in [-0.2, -0.15) is 0 Å². The van der Waals surface area contributed by atoms with E-state index in [-0.39, 0.29) is 17.7 Å². The van der Waals surface area contributed by atoms with Crippen molar-refractivity contribution >= 4 is 12.0 Å². The van der Waals surface area contributed by atoms with Crippen LogP contribution >= 0.6 is 0 Å². The number of ether oxygens (including phenoxy) is 1. The van der Waals surface area contributed by atoms with Gasteiger partial charge in [0.2, 0.25) is 5.91 Å². The van der Waals surface area contributed by atoms with E-state index in [1.54, 1.807) is 6.08 Å². The van der Waals surface area contributed by atoms with E-state index in [9.17, 15) is 18.0 Å². The quantitative estimate of drug-likeness (QED) is 0.720. The Kier molecular flexibility index (Phi) is 6.42. The fourth-order valence-electron chi connectivity index (χ4n) is 3.80. The molecule has 1 amide bonds. The number of amides is 1. The number of benzene rings is 1. The van der Waals surface area contributed by atoms with Crippen molar-refractivity contribution in [3.8, 4) is 5.75 Å². The molecule has 1 aromatic rings. The third kappa shape index (κ3) is 5.99. The molecule has 0 aliphatic carbocycles. The summed E-state index contributed by atoms with van der Waals surface area (Å²) in [6, 6.07) is 5.74. The highest BCUT2D eigenvalue weighted by atomic mass is 19.4. The van der Waals surface area contributed by atoms with Gasteiger partial charge in [0.05, 0.1) is 0 Å². The predicted octanol–water partition coefficient (Wildman–Crippen LogP) is 4.08. The van der Waals surface area contributed by atoms with Gasteiger partial charge >= 0.3 is 6.36 Å². The van der Waals surface area contributed by atoms with E-state index in [0.29, 0.717) is 5.56 Å². The van der Waals surface area contributed by atoms with Gasteiger partial charge in [0.1, 0.15) is 5.75 Å². The maximum atomic E-state index is 12.6. The van der Waals surface area contributed by atoms with Crippen LogP contribution in [0.3, 0.4) is 0 Å². The van der Waals surface area contributed by atoms with Crippen LogP contribution in [0, 0.1) is 0 Å². The molecule has 2 fully saturated rings. The van der Waals surface area contributed by atoms with E-state index in [1.807, 2.05) is 4.90 Å². The van der Waals surface area contributed by atoms with Crippen molar-refractivity contribution in [2.75, 3.05) is 26.2 Å². The summed E-state index contributed by atoms with van der Waals surface area (Å²) in [5.74, 6) is -0.308. The zero-order chi connectivity index (χ0) is 19.3. The van der Waals surface area contributed by atoms with Crippen molar-refractivity contribution in [1.82, 2.24) is 9.80 Å². The molecule has 27 heavy (non-hydrogen) atoms. The Morgan fingerprint density at radius 3 is 2.44 bits per heavy atom. The summed E-state index contributed by atoms with van der Waals surface area (Å²) in [6.45, 7) is 3.92. The molecule has 2 saturated heterocycles. The Balaban J connectivity index is 1.55. The minimum absolute atomic E-state index is 0.0369. The number of piperidine rings is 1. The van der Waals surface area contributed by atoms with Crippen LogP contribution in [0.15, 0.2) is 30.3 Å². The molecule has 148 valence electrons. The number of rotatable bonds is 5. The standard InChI is InChI=1S/C20H25F3N2O2/c21-20(22,23)27-18-9-6-16(7-10-18)8-11-19(26)25-14-4-5-17(25)15-24-12-2-1-3-13-24/h6-11,17H,1-5,12-15H2. The Hall–Kier alpha value is -2.02. The fraction of sp³-hybridized carbons (Fsp3) is 0.550. The molecule has 4 nitrogen and oxygen atoms in total. The zero-order valence-electron chi connectivity index (χ0n) is 15.3. The SMILES string of the molecule is O=C(C=Cc1ccc(OC(F)(F)F)cc1)N1CCCC1CN1CCCCC1. The molecular formula is C20H25F3N2O2. The lowest BCUT2D eigenvalue weighted by molar-refractivity contribution is -0.274. The van der Waals surface area contributed by atoms with Crippen molar-refractivity contribution in [3.63, 3.8) is 0 Å². The summed E-state index contributed by atoms with van der Waals surface area (Å²) in [5, 5.41) is 0. The minimum Gasteiger partial charge on any atom is -0.406 e. The lowest BCUT2D eigenvalue weighted by Gasteiger charge is -2.32. The number of likely N-dealkylation sites (tertiary alicyclic amines) is 2. The van der Waals surface area contributed by atoms with Crippen LogP contribution in [-0.2, 0) is 4.79 Å². The predicted molar refractivity (Wildman–Crippen MR) is 97.2 cm³/mol. The normalized spacial score (nSPS) is 21.7. The molecule has 0 spiro atoms. The first-order valence-corrected chi connectivity index (χ1v) is 9.47. The second-order valence-corrected chi connectivity index (χ2v) is 7.14. The minimum atomic E-state index is -4.70. The molecule has 1 atom stereocenters. The number of nitrogens with zero attached hydrogens (tertiary/aromatic N) is 2. The van der Waals surface area contributed by atoms with Gasteiger partial charge in [-0.3, -0.25) is 4.79 Å². The van der Waals surface area contributed by atoms with Crippen molar-refractivity contribution in [1.29, 1.82) is 0 Å². The van der Waals surface area contributed by atoms with Crippen LogP contribution in [0.1, 0.15) is 37.7 Å². The van der Waals surface area contributed by atoms with E-state index in [1.165, 1.54) is 49.6 Å². The maximum absolute atomic E-state index is 12.6. The highest BCUT2D eigenvalue weighted by molar-refractivity contribution is 5.92. The van der Waals surface area contributed by atoms with Crippen LogP contribution in [0.4, 0.5) is 13.2 Å². The lowest BCUT2D eigenvalue weighted by atomic mass is 10.1. The first-order chi connectivity index (χ1) is 12.9. The molecule has 7 heteroatoms. The number of hydrogen-bond acceptors (Lipinski definition) is 3. The third-order valence-electron chi connectivity index (χ3n) is 5.11. The van der Waals surface area contributed by atoms with Crippen molar-refractivity contribution in [3.05, 3.63) is 35.9 Å². The highest BCUT2D eigenvalue weighted by Crippen LogP contribution is 2.24. The van der Waals surface area contributed by atoms with Gasteiger partial charge in [0.15, 0.2) is 0 Å². The molecule has 0 aromatic heterocycles. The summed E-state index contributed by atoms with van der Waals surface area (Å²) < 4.78 is 40.4. The summed E-state index contributed by atoms with van der Waals surface area (Å²) in [6.07, 6.45) is 4.24. The molecular weight excluding hydrogens is 357 g/mol. The van der Waals surface area contributed by atoms with Crippen LogP contribution < -0.4 is 4.74 Å². The average molecular weight is 382 g/mol. The molecule has 1 unspecified atom stereocenters. The summed E-state index contributed by atoms with van der Waals surface area (Å²) in [7, 11) is 0. The largest absolute Gasteiger partial charge is 0.573 e. The number of alkyl halides is 3. The van der Waals surface area contributed by atoms with Crippen molar-refractivity contribution in [2.45, 2.75) is 44.5 Å². The van der Waals surface area contributed by atoms with Gasteiger partial charge in [-0.15, -0.1) is 13.2 Å². The van der Waals surface area contributed by atoms with Gasteiger partial charge in [-0.1, -0.05) is 18.6 Å². The average Bonchev–Trinajstić information content (AvgIpc) is 3.09. The summed E-state index contributed by atoms with van der Waals surface area (Å²) in [5.41, 5.74) is 0.657. The van der Waals surface area contributed by atoms with E-state index in [2.05, 4.69) is 9.64 Å². The zero-order valence-corrected chi connectivity index (χ0v) is 15.3. The second-order valence-electron chi connectivity index (χ2n) is 7.14. The van der Waals surface area contributed by atoms with Gasteiger partial charge < -0.3 is 14.5 Å². The van der Waals surface area contributed by atoms with Gasteiger partial charge in [-0.05, 0) is 62.5 Å². The fourth-order valence-corrected chi connectivity index (χ4v) is 3.80. The first kappa shape index (κ1) is 19.7. The highest BCUT2D eigenvalue weighted by Gasteiger charge is 2.31. The van der Waals surface area contributed by atoms with E-state index < -0.39 is 6.36 Å². The van der Waals surface area contributed by atoms with E-state index >= 15 is 0 Å². The monoisotopic (exact) mass is 382 g/mol. The number of hydrogen-bond donors (Lipinski definition) is 0. The number of halogens is 3. The van der Waals surface area contributed by atoms with Gasteiger partial charge in [0.25, 0.3) is 0 Å². The first-order valence-electron chi connectivity index (χ1n) is 9.47.